The van der Waals surface area contributed by atoms with Crippen molar-refractivity contribution in [3.63, 3.8) is 0 Å². The molecule has 4 rings (SSSR count). The highest BCUT2D eigenvalue weighted by Crippen LogP contribution is 2.25. The Bertz CT molecular complexity index is 1270. The average Bonchev–Trinajstić information content (AvgIpc) is 3.21. The molecule has 0 saturated carbocycles. The number of halogens is 1. The minimum Gasteiger partial charge on any atom is -0.350 e. The lowest BCUT2D eigenvalue weighted by Gasteiger charge is -2.14. The molecule has 0 aliphatic carbocycles. The van der Waals surface area contributed by atoms with E-state index in [0.717, 1.165) is 33.5 Å². The summed E-state index contributed by atoms with van der Waals surface area (Å²) in [6.07, 6.45) is 1.76. The summed E-state index contributed by atoms with van der Waals surface area (Å²) in [5.74, 6) is -0.345. The number of hydrogen-bond donors (Lipinski definition) is 1. The van der Waals surface area contributed by atoms with Crippen LogP contribution in [0.25, 0.3) is 16.6 Å². The van der Waals surface area contributed by atoms with E-state index in [0.29, 0.717) is 11.6 Å². The highest BCUT2D eigenvalue weighted by Gasteiger charge is 2.22. The Labute approximate surface area is 193 Å². The Morgan fingerprint density at radius 3 is 2.66 bits per heavy atom. The molecule has 1 amide bonds. The Morgan fingerprint density at radius 1 is 1.09 bits per heavy atom. The number of pyridine rings is 1. The summed E-state index contributed by atoms with van der Waals surface area (Å²) in [5, 5.41) is 9.59. The topological polar surface area (TPSA) is 59.8 Å². The van der Waals surface area contributed by atoms with Gasteiger partial charge in [0.05, 0.1) is 35.1 Å². The van der Waals surface area contributed by atoms with Crippen LogP contribution in [-0.4, -0.2) is 20.7 Å². The first-order chi connectivity index (χ1) is 15.2. The number of carbonyl (C=O) groups is 1. The van der Waals surface area contributed by atoms with Crippen molar-refractivity contribution in [2.45, 2.75) is 45.6 Å². The number of nitrogens with one attached hydrogen (secondary N) is 1. The Balaban J connectivity index is 1.56. The lowest BCUT2D eigenvalue weighted by Crippen LogP contribution is -2.28. The third-order valence-corrected chi connectivity index (χ3v) is 5.81. The molecular weight excluding hydrogens is 420 g/mol. The number of amides is 1. The molecule has 1 unspecified atom stereocenters. The fourth-order valence-corrected chi connectivity index (χ4v) is 3.76. The summed E-state index contributed by atoms with van der Waals surface area (Å²) < 4.78 is 1.86. The fourth-order valence-electron chi connectivity index (χ4n) is 3.58. The van der Waals surface area contributed by atoms with Gasteiger partial charge in [-0.3, -0.25) is 9.78 Å². The van der Waals surface area contributed by atoms with Crippen LogP contribution in [0.15, 0.2) is 66.9 Å². The van der Waals surface area contributed by atoms with Gasteiger partial charge in [-0.05, 0) is 48.9 Å². The van der Waals surface area contributed by atoms with E-state index >= 15 is 0 Å². The predicted octanol–water partition coefficient (Wildman–Crippen LogP) is 5.79. The zero-order chi connectivity index (χ0) is 22.9. The minimum absolute atomic E-state index is 0.0450. The summed E-state index contributed by atoms with van der Waals surface area (Å²) in [6, 6.07) is 19.5. The average molecular weight is 447 g/mol. The molecule has 2 aromatic heterocycles. The van der Waals surface area contributed by atoms with Crippen molar-refractivity contribution in [2.75, 3.05) is 0 Å². The molecule has 0 fully saturated rings. The molecule has 0 spiro atoms. The molecule has 0 bridgehead atoms. The fraction of sp³-hybridized carbons (Fsp3) is 0.269. The maximum atomic E-state index is 13.0. The van der Waals surface area contributed by atoms with Gasteiger partial charge in [-0.15, -0.1) is 0 Å². The molecule has 0 saturated heterocycles. The summed E-state index contributed by atoms with van der Waals surface area (Å²) in [5.41, 5.74) is 4.43. The van der Waals surface area contributed by atoms with E-state index in [2.05, 4.69) is 31.1 Å². The SMILES string of the molecule is CC(C(=O)NCc1cc(C(C)(C)C)nn1-c1cccc(Cl)c1)c1ccc2cccnc2c1. The zero-order valence-electron chi connectivity index (χ0n) is 18.8. The zero-order valence-corrected chi connectivity index (χ0v) is 19.5. The van der Waals surface area contributed by atoms with Gasteiger partial charge in [0, 0.05) is 22.0 Å². The summed E-state index contributed by atoms with van der Waals surface area (Å²) in [6.45, 7) is 8.64. The maximum absolute atomic E-state index is 13.0. The number of hydrogen-bond acceptors (Lipinski definition) is 3. The first-order valence-electron chi connectivity index (χ1n) is 10.7. The summed E-state index contributed by atoms with van der Waals surface area (Å²) >= 11 is 6.21. The van der Waals surface area contributed by atoms with Crippen LogP contribution < -0.4 is 5.32 Å². The van der Waals surface area contributed by atoms with Gasteiger partial charge in [-0.1, -0.05) is 56.6 Å². The standard InChI is InChI=1S/C26H27ClN4O/c1-17(19-11-10-18-7-6-12-28-23(18)13-19)25(32)29-16-22-15-24(26(2,3)4)30-31(22)21-9-5-8-20(27)14-21/h5-15,17H,16H2,1-4H3,(H,29,32). The van der Waals surface area contributed by atoms with Crippen molar-refractivity contribution in [3.8, 4) is 5.69 Å². The molecule has 1 N–H and O–H groups in total. The van der Waals surface area contributed by atoms with Crippen molar-refractivity contribution >= 4 is 28.4 Å². The summed E-state index contributed by atoms with van der Waals surface area (Å²) in [4.78, 5) is 17.4. The van der Waals surface area contributed by atoms with Crippen LogP contribution in [0.1, 0.15) is 50.6 Å². The number of rotatable bonds is 5. The second kappa shape index (κ2) is 8.75. The van der Waals surface area contributed by atoms with Gasteiger partial charge in [-0.2, -0.15) is 5.10 Å². The molecular formula is C26H27ClN4O. The minimum atomic E-state index is -0.300. The first-order valence-corrected chi connectivity index (χ1v) is 11.1. The van der Waals surface area contributed by atoms with Gasteiger partial charge in [0.15, 0.2) is 0 Å². The third-order valence-electron chi connectivity index (χ3n) is 5.57. The van der Waals surface area contributed by atoms with Crippen molar-refractivity contribution in [2.24, 2.45) is 0 Å². The van der Waals surface area contributed by atoms with Crippen LogP contribution in [0.4, 0.5) is 0 Å². The van der Waals surface area contributed by atoms with Crippen LogP contribution in [0.3, 0.4) is 0 Å². The smallest absolute Gasteiger partial charge is 0.227 e. The van der Waals surface area contributed by atoms with E-state index in [9.17, 15) is 4.79 Å². The number of aromatic nitrogens is 3. The highest BCUT2D eigenvalue weighted by molar-refractivity contribution is 6.30. The third kappa shape index (κ3) is 4.68. The van der Waals surface area contributed by atoms with E-state index < -0.39 is 0 Å². The number of fused-ring (bicyclic) bond motifs is 1. The van der Waals surface area contributed by atoms with Gasteiger partial charge >= 0.3 is 0 Å². The Hall–Kier alpha value is -3.18. The monoisotopic (exact) mass is 446 g/mol. The molecule has 4 aromatic rings. The van der Waals surface area contributed by atoms with E-state index in [-0.39, 0.29) is 17.2 Å². The predicted molar refractivity (Wildman–Crippen MR) is 129 cm³/mol. The number of nitrogens with zero attached hydrogens (tertiary/aromatic N) is 3. The van der Waals surface area contributed by atoms with Crippen molar-refractivity contribution in [1.29, 1.82) is 0 Å². The normalized spacial score (nSPS) is 12.7. The van der Waals surface area contributed by atoms with Crippen LogP contribution in [-0.2, 0) is 16.8 Å². The Kier molecular flexibility index (Phi) is 6.02. The lowest BCUT2D eigenvalue weighted by atomic mass is 9.92. The van der Waals surface area contributed by atoms with Gasteiger partial charge in [0.1, 0.15) is 0 Å². The van der Waals surface area contributed by atoms with Crippen LogP contribution >= 0.6 is 11.6 Å². The van der Waals surface area contributed by atoms with E-state index in [1.165, 1.54) is 0 Å². The molecule has 2 heterocycles. The second-order valence-electron chi connectivity index (χ2n) is 9.06. The largest absolute Gasteiger partial charge is 0.350 e. The molecule has 0 radical (unpaired) electrons. The molecule has 32 heavy (non-hydrogen) atoms. The molecule has 2 aromatic carbocycles. The maximum Gasteiger partial charge on any atom is 0.227 e. The van der Waals surface area contributed by atoms with E-state index in [1.54, 1.807) is 6.20 Å². The second-order valence-corrected chi connectivity index (χ2v) is 9.49. The van der Waals surface area contributed by atoms with E-state index in [1.807, 2.05) is 72.3 Å². The molecule has 1 atom stereocenters. The van der Waals surface area contributed by atoms with Gasteiger partial charge < -0.3 is 5.32 Å². The Morgan fingerprint density at radius 2 is 1.91 bits per heavy atom. The van der Waals surface area contributed by atoms with Gasteiger partial charge in [-0.25, -0.2) is 4.68 Å². The van der Waals surface area contributed by atoms with E-state index in [4.69, 9.17) is 16.7 Å². The lowest BCUT2D eigenvalue weighted by molar-refractivity contribution is -0.122. The molecule has 164 valence electrons. The van der Waals surface area contributed by atoms with Crippen LogP contribution in [0.5, 0.6) is 0 Å². The summed E-state index contributed by atoms with van der Waals surface area (Å²) in [7, 11) is 0. The first kappa shape index (κ1) is 22.0. The highest BCUT2D eigenvalue weighted by atomic mass is 35.5. The number of carbonyl (C=O) groups excluding carboxylic acids is 1. The molecule has 5 nitrogen and oxygen atoms in total. The molecule has 0 aliphatic rings. The van der Waals surface area contributed by atoms with Crippen LogP contribution in [0.2, 0.25) is 5.02 Å². The van der Waals surface area contributed by atoms with Crippen LogP contribution in [0, 0.1) is 0 Å². The quantitative estimate of drug-likeness (QED) is 0.422. The molecule has 6 heteroatoms. The number of benzene rings is 2. The van der Waals surface area contributed by atoms with Gasteiger partial charge in [0.25, 0.3) is 0 Å². The van der Waals surface area contributed by atoms with Crippen molar-refractivity contribution < 1.29 is 4.79 Å². The molecule has 0 aliphatic heterocycles. The van der Waals surface area contributed by atoms with Crippen molar-refractivity contribution in [3.05, 3.63) is 88.8 Å². The van der Waals surface area contributed by atoms with Gasteiger partial charge in [0.2, 0.25) is 5.91 Å². The van der Waals surface area contributed by atoms with Crippen molar-refractivity contribution in [1.82, 2.24) is 20.1 Å².